The first-order chi connectivity index (χ1) is 18.4. The second kappa shape index (κ2) is 11.0. The largest absolute Gasteiger partial charge is 0.358 e. The number of fused-ring (bicyclic) bond motifs is 1. The maximum Gasteiger partial charge on any atom is 0.256 e. The number of H-pyrrole nitrogens is 1. The zero-order valence-electron chi connectivity index (χ0n) is 26.8. The predicted octanol–water partition coefficient (Wildman–Crippen LogP) is 6.67. The van der Waals surface area contributed by atoms with E-state index in [4.69, 9.17) is 2.74 Å². The number of hydrogen-bond acceptors (Lipinski definition) is 3. The molecule has 38 heavy (non-hydrogen) atoms. The second-order valence-electron chi connectivity index (χ2n) is 11.5. The number of benzene rings is 1. The first kappa shape index (κ1) is 26.7. The van der Waals surface area contributed by atoms with Crippen LogP contribution in [0.2, 0.25) is 0 Å². The molecule has 0 fully saturated rings. The van der Waals surface area contributed by atoms with Gasteiger partial charge >= 0.3 is 0 Å². The summed E-state index contributed by atoms with van der Waals surface area (Å²) in [6.07, 6.45) is 2.54. The van der Waals surface area contributed by atoms with E-state index in [-0.39, 0.29) is 23.7 Å². The van der Waals surface area contributed by atoms with Gasteiger partial charge in [-0.05, 0) is 96.2 Å². The van der Waals surface area contributed by atoms with Gasteiger partial charge < -0.3 is 15.2 Å². The van der Waals surface area contributed by atoms with E-state index in [1.807, 2.05) is 41.5 Å². The van der Waals surface area contributed by atoms with Crippen molar-refractivity contribution in [3.8, 4) is 0 Å². The molecule has 2 N–H and O–H groups in total. The van der Waals surface area contributed by atoms with Crippen molar-refractivity contribution in [1.82, 2.24) is 14.8 Å². The van der Waals surface area contributed by atoms with Gasteiger partial charge in [0.1, 0.15) is 5.82 Å². The molecule has 0 atom stereocenters. The lowest BCUT2D eigenvalue weighted by molar-refractivity contribution is -0.110. The maximum absolute atomic E-state index is 14.6. The number of aromatic amines is 1. The fourth-order valence-corrected chi connectivity index (χ4v) is 5.61. The Hall–Kier alpha value is -2.93. The van der Waals surface area contributed by atoms with Crippen LogP contribution in [0.3, 0.4) is 0 Å². The van der Waals surface area contributed by atoms with Gasteiger partial charge in [0, 0.05) is 42.1 Å². The number of likely N-dealkylation sites (N-methyl/N-ethyl adjacent to an activating group) is 1. The Bertz CT molecular complexity index is 1360. The molecule has 3 rings (SSSR count). The molecule has 7 heteroatoms. The van der Waals surface area contributed by atoms with Crippen LogP contribution in [-0.4, -0.2) is 58.3 Å². The molecule has 1 aliphatic rings. The Morgan fingerprint density at radius 2 is 1.82 bits per heavy atom. The van der Waals surface area contributed by atoms with Crippen molar-refractivity contribution in [2.24, 2.45) is 0 Å². The molecule has 1 aliphatic heterocycles. The Morgan fingerprint density at radius 1 is 1.18 bits per heavy atom. The number of halogens is 1. The summed E-state index contributed by atoms with van der Waals surface area (Å²) in [6.45, 7) is 17.7. The van der Waals surface area contributed by atoms with E-state index in [0.717, 1.165) is 6.42 Å². The molecule has 2 amide bonds. The average molecular weight is 527 g/mol. The number of nitrogens with zero attached hydrogens (tertiary/aromatic N) is 2. The normalized spacial score (nSPS) is 15.9. The van der Waals surface area contributed by atoms with Gasteiger partial charge in [-0.3, -0.25) is 14.5 Å². The molecular weight excluding hydrogens is 479 g/mol. The molecule has 0 spiro atoms. The SMILES string of the molecule is [2H]C([2H])(N(C)C(=O)c1c(C)[nH]c(/C=C2\C(=O)Nc3c2cc(F)c(C)c3C)c1C(C)C)C(C)(C)N(CCC)C(C)C. The number of anilines is 1. The van der Waals surface area contributed by atoms with Crippen LogP contribution < -0.4 is 5.32 Å². The molecule has 208 valence electrons. The van der Waals surface area contributed by atoms with Crippen LogP contribution in [-0.2, 0) is 4.79 Å². The van der Waals surface area contributed by atoms with E-state index < -0.39 is 17.9 Å². The smallest absolute Gasteiger partial charge is 0.256 e. The number of amides is 2. The van der Waals surface area contributed by atoms with Gasteiger partial charge in [-0.2, -0.15) is 0 Å². The summed E-state index contributed by atoms with van der Waals surface area (Å²) < 4.78 is 32.9. The molecule has 1 aromatic carbocycles. The van der Waals surface area contributed by atoms with Crippen molar-refractivity contribution in [3.05, 3.63) is 51.1 Å². The highest BCUT2D eigenvalue weighted by Crippen LogP contribution is 2.39. The third kappa shape index (κ3) is 5.44. The van der Waals surface area contributed by atoms with E-state index in [2.05, 4.69) is 22.1 Å². The Balaban J connectivity index is 2.13. The monoisotopic (exact) mass is 526 g/mol. The van der Waals surface area contributed by atoms with Crippen LogP contribution in [0, 0.1) is 26.6 Å². The van der Waals surface area contributed by atoms with Crippen LogP contribution in [0.15, 0.2) is 6.07 Å². The topological polar surface area (TPSA) is 68.4 Å². The number of aromatic nitrogens is 1. The van der Waals surface area contributed by atoms with Crippen LogP contribution >= 0.6 is 0 Å². The van der Waals surface area contributed by atoms with Gasteiger partial charge in [-0.1, -0.05) is 20.8 Å². The Morgan fingerprint density at radius 3 is 2.37 bits per heavy atom. The predicted molar refractivity (Wildman–Crippen MR) is 155 cm³/mol. The summed E-state index contributed by atoms with van der Waals surface area (Å²) >= 11 is 0. The fraction of sp³-hybridized carbons (Fsp3) is 0.548. The number of hydrogen-bond donors (Lipinski definition) is 2. The van der Waals surface area contributed by atoms with E-state index >= 15 is 0 Å². The zero-order chi connectivity index (χ0) is 30.5. The molecule has 0 aliphatic carbocycles. The Labute approximate surface area is 230 Å². The number of rotatable bonds is 9. The lowest BCUT2D eigenvalue weighted by Crippen LogP contribution is -2.55. The van der Waals surface area contributed by atoms with Gasteiger partial charge in [-0.25, -0.2) is 4.39 Å². The third-order valence-electron chi connectivity index (χ3n) is 7.50. The van der Waals surface area contributed by atoms with Gasteiger partial charge in [0.15, 0.2) is 0 Å². The highest BCUT2D eigenvalue weighted by molar-refractivity contribution is 6.35. The highest BCUT2D eigenvalue weighted by atomic mass is 19.1. The maximum atomic E-state index is 14.6. The molecule has 1 aromatic heterocycles. The van der Waals surface area contributed by atoms with Gasteiger partial charge in [-0.15, -0.1) is 0 Å². The third-order valence-corrected chi connectivity index (χ3v) is 7.50. The lowest BCUT2D eigenvalue weighted by atomic mass is 9.94. The van der Waals surface area contributed by atoms with E-state index in [0.29, 0.717) is 57.0 Å². The summed E-state index contributed by atoms with van der Waals surface area (Å²) in [7, 11) is 1.51. The number of carbonyl (C=O) groups is 2. The van der Waals surface area contributed by atoms with Crippen molar-refractivity contribution in [3.63, 3.8) is 0 Å². The number of aryl methyl sites for hydroxylation is 1. The first-order valence-electron chi connectivity index (χ1n) is 14.5. The highest BCUT2D eigenvalue weighted by Gasteiger charge is 2.34. The molecule has 0 unspecified atom stereocenters. The standard InChI is InChI=1S/C31H45FN4O2/c1-12-13-36(18(4)5)31(9,10)16-35(11)30(38)27-21(8)33-25(26(27)17(2)3)15-23-22-14-24(32)19(6)20(7)28(22)34-29(23)37/h14-15,17-18,33H,12-13,16H2,1-11H3,(H,34,37)/b23-15-/i16D2. The minimum atomic E-state index is -2.00. The molecular formula is C31H45FN4O2. The minimum absolute atomic E-state index is 0.0877. The molecule has 6 nitrogen and oxygen atoms in total. The van der Waals surface area contributed by atoms with Gasteiger partial charge in [0.25, 0.3) is 11.8 Å². The van der Waals surface area contributed by atoms with Crippen molar-refractivity contribution in [2.45, 2.75) is 93.2 Å². The van der Waals surface area contributed by atoms with Crippen molar-refractivity contribution in [2.75, 3.05) is 25.4 Å². The molecule has 2 heterocycles. The molecule has 0 bridgehead atoms. The van der Waals surface area contributed by atoms with Gasteiger partial charge in [0.2, 0.25) is 0 Å². The molecule has 0 saturated carbocycles. The average Bonchev–Trinajstić information content (AvgIpc) is 3.35. The summed E-state index contributed by atoms with van der Waals surface area (Å²) in [5.41, 5.74) is 3.84. The van der Waals surface area contributed by atoms with Crippen LogP contribution in [0.25, 0.3) is 11.6 Å². The van der Waals surface area contributed by atoms with Crippen LogP contribution in [0.1, 0.15) is 108 Å². The van der Waals surface area contributed by atoms with Crippen molar-refractivity contribution in [1.29, 1.82) is 0 Å². The quantitative estimate of drug-likeness (QED) is 0.359. The molecule has 0 radical (unpaired) electrons. The summed E-state index contributed by atoms with van der Waals surface area (Å²) in [5.74, 6) is -1.27. The second-order valence-corrected chi connectivity index (χ2v) is 11.5. The summed E-state index contributed by atoms with van der Waals surface area (Å²) in [5, 5.41) is 2.86. The number of nitrogens with one attached hydrogen (secondary N) is 2. The lowest BCUT2D eigenvalue weighted by Gasteiger charge is -2.43. The minimum Gasteiger partial charge on any atom is -0.358 e. The molecule has 0 saturated heterocycles. The summed E-state index contributed by atoms with van der Waals surface area (Å²) in [6, 6.07) is 1.46. The van der Waals surface area contributed by atoms with Crippen molar-refractivity contribution < 1.29 is 16.7 Å². The molecule has 2 aromatic rings. The first-order valence-corrected chi connectivity index (χ1v) is 13.5. The van der Waals surface area contributed by atoms with E-state index in [9.17, 15) is 14.0 Å². The van der Waals surface area contributed by atoms with Gasteiger partial charge in [0.05, 0.1) is 19.6 Å². The van der Waals surface area contributed by atoms with E-state index in [1.165, 1.54) is 18.0 Å². The van der Waals surface area contributed by atoms with Crippen LogP contribution in [0.5, 0.6) is 0 Å². The number of carbonyl (C=O) groups excluding carboxylic acids is 2. The summed E-state index contributed by atoms with van der Waals surface area (Å²) in [4.78, 5) is 33.6. The van der Waals surface area contributed by atoms with Crippen LogP contribution in [0.4, 0.5) is 10.1 Å². The van der Waals surface area contributed by atoms with Crippen molar-refractivity contribution >= 4 is 29.2 Å². The Kier molecular flexibility index (Phi) is 7.75. The van der Waals surface area contributed by atoms with E-state index in [1.54, 1.807) is 26.8 Å². The zero-order valence-corrected chi connectivity index (χ0v) is 24.8. The fourth-order valence-electron chi connectivity index (χ4n) is 5.61.